The molecule has 0 amide bonds. The third-order valence-electron chi connectivity index (χ3n) is 3.53. The highest BCUT2D eigenvalue weighted by molar-refractivity contribution is 9.10. The van der Waals surface area contributed by atoms with Crippen LogP contribution in [-0.2, 0) is 14.8 Å². The van der Waals surface area contributed by atoms with Gasteiger partial charge in [-0.2, -0.15) is 0 Å². The third-order valence-corrected chi connectivity index (χ3v) is 5.84. The zero-order valence-corrected chi connectivity index (χ0v) is 15.7. The molecule has 0 aliphatic carbocycles. The minimum atomic E-state index is -3.97. The Morgan fingerprint density at radius 1 is 1.08 bits per heavy atom. The molecule has 5 nitrogen and oxygen atoms in total. The van der Waals surface area contributed by atoms with Gasteiger partial charge in [-0.3, -0.25) is 9.10 Å². The quantitative estimate of drug-likeness (QED) is 0.782. The largest absolute Gasteiger partial charge is 0.480 e. The molecular formula is C17H18BrNO4S. The summed E-state index contributed by atoms with van der Waals surface area (Å²) in [6.45, 7) is 3.42. The molecule has 24 heavy (non-hydrogen) atoms. The fraction of sp³-hybridized carbons (Fsp3) is 0.235. The molecule has 2 aromatic carbocycles. The minimum Gasteiger partial charge on any atom is -0.480 e. The normalized spacial score (nSPS) is 11.5. The van der Waals surface area contributed by atoms with Crippen LogP contribution in [0, 0.1) is 0 Å². The first-order valence-corrected chi connectivity index (χ1v) is 9.55. The summed E-state index contributed by atoms with van der Waals surface area (Å²) in [5.41, 5.74) is 1.37. The molecule has 0 unspecified atom stereocenters. The Bertz CT molecular complexity index is 815. The van der Waals surface area contributed by atoms with E-state index in [0.717, 1.165) is 14.3 Å². The van der Waals surface area contributed by atoms with E-state index in [9.17, 15) is 13.2 Å². The Kier molecular flexibility index (Phi) is 5.66. The molecule has 0 aromatic heterocycles. The number of halogens is 1. The molecule has 0 heterocycles. The van der Waals surface area contributed by atoms with Crippen molar-refractivity contribution in [3.8, 4) is 0 Å². The van der Waals surface area contributed by atoms with Gasteiger partial charge in [-0.1, -0.05) is 41.9 Å². The van der Waals surface area contributed by atoms with Crippen molar-refractivity contribution in [3.63, 3.8) is 0 Å². The van der Waals surface area contributed by atoms with Gasteiger partial charge < -0.3 is 5.11 Å². The van der Waals surface area contributed by atoms with Gasteiger partial charge in [0.05, 0.1) is 10.6 Å². The van der Waals surface area contributed by atoms with Crippen LogP contribution in [0.2, 0.25) is 0 Å². The Morgan fingerprint density at radius 2 is 1.62 bits per heavy atom. The molecule has 0 saturated heterocycles. The van der Waals surface area contributed by atoms with E-state index >= 15 is 0 Å². The number of hydrogen-bond donors (Lipinski definition) is 1. The summed E-state index contributed by atoms with van der Waals surface area (Å²) in [6, 6.07) is 13.0. The second kappa shape index (κ2) is 7.36. The molecule has 0 aliphatic heterocycles. The van der Waals surface area contributed by atoms with Crippen LogP contribution in [0.15, 0.2) is 57.9 Å². The third kappa shape index (κ3) is 4.15. The Morgan fingerprint density at radius 3 is 2.08 bits per heavy atom. The Balaban J connectivity index is 2.47. The van der Waals surface area contributed by atoms with E-state index in [1.165, 1.54) is 12.1 Å². The van der Waals surface area contributed by atoms with E-state index in [1.54, 1.807) is 24.3 Å². The lowest BCUT2D eigenvalue weighted by Gasteiger charge is -2.23. The Labute approximate surface area is 150 Å². The molecule has 7 heteroatoms. The van der Waals surface area contributed by atoms with E-state index in [4.69, 9.17) is 5.11 Å². The van der Waals surface area contributed by atoms with Crippen molar-refractivity contribution in [2.45, 2.75) is 24.7 Å². The lowest BCUT2D eigenvalue weighted by Crippen LogP contribution is -2.35. The maximum atomic E-state index is 12.8. The summed E-state index contributed by atoms with van der Waals surface area (Å²) >= 11 is 3.25. The smallest absolute Gasteiger partial charge is 0.324 e. The molecule has 1 N–H and O–H groups in total. The zero-order chi connectivity index (χ0) is 17.9. The molecule has 0 spiro atoms. The number of rotatable bonds is 6. The maximum absolute atomic E-state index is 12.8. The number of hydrogen-bond acceptors (Lipinski definition) is 3. The second-order valence-corrected chi connectivity index (χ2v) is 8.38. The fourth-order valence-corrected chi connectivity index (χ4v) is 3.88. The van der Waals surface area contributed by atoms with E-state index in [1.807, 2.05) is 26.0 Å². The van der Waals surface area contributed by atoms with E-state index in [-0.39, 0.29) is 4.90 Å². The van der Waals surface area contributed by atoms with E-state index in [0.29, 0.717) is 11.6 Å². The summed E-state index contributed by atoms with van der Waals surface area (Å²) in [5.74, 6) is -0.918. The second-order valence-electron chi connectivity index (χ2n) is 5.61. The van der Waals surface area contributed by atoms with E-state index in [2.05, 4.69) is 15.9 Å². The molecule has 2 aromatic rings. The number of benzene rings is 2. The first-order chi connectivity index (χ1) is 11.2. The van der Waals surface area contributed by atoms with Crippen molar-refractivity contribution >= 4 is 37.6 Å². The van der Waals surface area contributed by atoms with Crippen LogP contribution in [0.25, 0.3) is 0 Å². The van der Waals surface area contributed by atoms with Crippen LogP contribution in [0.4, 0.5) is 5.69 Å². The summed E-state index contributed by atoms with van der Waals surface area (Å²) < 4.78 is 27.3. The van der Waals surface area contributed by atoms with Crippen LogP contribution < -0.4 is 4.31 Å². The average molecular weight is 412 g/mol. The molecule has 0 saturated carbocycles. The van der Waals surface area contributed by atoms with Crippen molar-refractivity contribution in [2.75, 3.05) is 10.8 Å². The summed E-state index contributed by atoms with van der Waals surface area (Å²) in [4.78, 5) is 11.2. The number of aliphatic carboxylic acids is 1. The number of carbonyl (C=O) groups is 1. The molecule has 0 bridgehead atoms. The minimum absolute atomic E-state index is 0.0416. The lowest BCUT2D eigenvalue weighted by atomic mass is 10.0. The highest BCUT2D eigenvalue weighted by Gasteiger charge is 2.27. The highest BCUT2D eigenvalue weighted by Crippen LogP contribution is 2.26. The van der Waals surface area contributed by atoms with Crippen molar-refractivity contribution in [3.05, 3.63) is 58.6 Å². The average Bonchev–Trinajstić information content (AvgIpc) is 2.53. The lowest BCUT2D eigenvalue weighted by molar-refractivity contribution is -0.135. The SMILES string of the molecule is CC(C)c1ccc(N(CC(=O)O)S(=O)(=O)c2ccc(Br)cc2)cc1. The van der Waals surface area contributed by atoms with Gasteiger partial charge in [-0.25, -0.2) is 8.42 Å². The predicted molar refractivity (Wildman–Crippen MR) is 96.8 cm³/mol. The number of anilines is 1. The van der Waals surface area contributed by atoms with Crippen LogP contribution in [-0.4, -0.2) is 26.0 Å². The van der Waals surface area contributed by atoms with Gasteiger partial charge in [0.15, 0.2) is 0 Å². The van der Waals surface area contributed by atoms with Crippen molar-refractivity contribution in [2.24, 2.45) is 0 Å². The van der Waals surface area contributed by atoms with Gasteiger partial charge in [-0.05, 0) is 47.9 Å². The van der Waals surface area contributed by atoms with Gasteiger partial charge in [0.25, 0.3) is 10.0 Å². The van der Waals surface area contributed by atoms with Gasteiger partial charge >= 0.3 is 5.97 Å². The first kappa shape index (κ1) is 18.5. The number of nitrogens with zero attached hydrogens (tertiary/aromatic N) is 1. The van der Waals surface area contributed by atoms with Gasteiger partial charge in [0, 0.05) is 4.47 Å². The monoisotopic (exact) mass is 411 g/mol. The van der Waals surface area contributed by atoms with Crippen LogP contribution in [0.1, 0.15) is 25.3 Å². The van der Waals surface area contributed by atoms with Gasteiger partial charge in [0.2, 0.25) is 0 Å². The highest BCUT2D eigenvalue weighted by atomic mass is 79.9. The molecule has 128 valence electrons. The summed E-state index contributed by atoms with van der Waals surface area (Å²) in [5, 5.41) is 9.13. The Hall–Kier alpha value is -1.86. The fourth-order valence-electron chi connectivity index (χ4n) is 2.20. The molecule has 0 fully saturated rings. The predicted octanol–water partition coefficient (Wildman–Crippen LogP) is 3.85. The molecule has 2 rings (SSSR count). The summed E-state index contributed by atoms with van der Waals surface area (Å²) in [7, 11) is -3.97. The van der Waals surface area contributed by atoms with Crippen molar-refractivity contribution in [1.29, 1.82) is 0 Å². The summed E-state index contributed by atoms with van der Waals surface area (Å²) in [6.07, 6.45) is 0. The van der Waals surface area contributed by atoms with Crippen LogP contribution in [0.3, 0.4) is 0 Å². The van der Waals surface area contributed by atoms with Gasteiger partial charge in [0.1, 0.15) is 6.54 Å². The number of carboxylic acid groups (broad SMARTS) is 1. The zero-order valence-electron chi connectivity index (χ0n) is 13.3. The topological polar surface area (TPSA) is 74.7 Å². The standard InChI is InChI=1S/C17H18BrNO4S/c1-12(2)13-3-7-15(8-4-13)19(11-17(20)21)24(22,23)16-9-5-14(18)6-10-16/h3-10,12H,11H2,1-2H3,(H,20,21). The first-order valence-electron chi connectivity index (χ1n) is 7.32. The molecule has 0 atom stereocenters. The van der Waals surface area contributed by atoms with Gasteiger partial charge in [-0.15, -0.1) is 0 Å². The number of carboxylic acids is 1. The maximum Gasteiger partial charge on any atom is 0.324 e. The van der Waals surface area contributed by atoms with Crippen LogP contribution in [0.5, 0.6) is 0 Å². The molecule has 0 radical (unpaired) electrons. The number of sulfonamides is 1. The van der Waals surface area contributed by atoms with Crippen molar-refractivity contribution in [1.82, 2.24) is 0 Å². The van der Waals surface area contributed by atoms with Crippen LogP contribution >= 0.6 is 15.9 Å². The molecule has 0 aliphatic rings. The van der Waals surface area contributed by atoms with Crippen molar-refractivity contribution < 1.29 is 18.3 Å². The van der Waals surface area contributed by atoms with E-state index < -0.39 is 22.5 Å². The molecular weight excluding hydrogens is 394 g/mol.